The summed E-state index contributed by atoms with van der Waals surface area (Å²) in [7, 11) is 0. The molecule has 0 nitrogen and oxygen atoms in total. The molecule has 0 saturated carbocycles. The van der Waals surface area contributed by atoms with E-state index in [1.54, 1.807) is 0 Å². The Morgan fingerprint density at radius 2 is 0.884 bits per heavy atom. The van der Waals surface area contributed by atoms with Crippen molar-refractivity contribution in [3.05, 3.63) is 145 Å². The molecule has 0 unspecified atom stereocenters. The number of hydrogen-bond donors (Lipinski definition) is 0. The van der Waals surface area contributed by atoms with Crippen LogP contribution in [0.2, 0.25) is 0 Å². The van der Waals surface area contributed by atoms with E-state index in [2.05, 4.69) is 146 Å². The summed E-state index contributed by atoms with van der Waals surface area (Å²) in [4.78, 5) is 0. The molecule has 0 heteroatoms. The van der Waals surface area contributed by atoms with E-state index in [0.717, 1.165) is 0 Å². The third kappa shape index (κ3) is 2.95. The van der Waals surface area contributed by atoms with Gasteiger partial charge in [0.1, 0.15) is 0 Å². The summed E-state index contributed by atoms with van der Waals surface area (Å²) in [6.07, 6.45) is 0. The lowest BCUT2D eigenvalue weighted by Gasteiger charge is -2.19. The van der Waals surface area contributed by atoms with Crippen LogP contribution in [-0.4, -0.2) is 0 Å². The van der Waals surface area contributed by atoms with E-state index in [1.165, 1.54) is 103 Å². The molecule has 43 heavy (non-hydrogen) atoms. The van der Waals surface area contributed by atoms with E-state index >= 15 is 0 Å². The van der Waals surface area contributed by atoms with Crippen molar-refractivity contribution in [1.29, 1.82) is 0 Å². The highest BCUT2D eigenvalue weighted by Crippen LogP contribution is 2.54. The fourth-order valence-corrected chi connectivity index (χ4v) is 8.11. The van der Waals surface area contributed by atoms with Gasteiger partial charge in [-0.15, -0.1) is 0 Å². The summed E-state index contributed by atoms with van der Waals surface area (Å²) in [6, 6.07) is 52.2. The molecule has 0 saturated heterocycles. The van der Waals surface area contributed by atoms with Gasteiger partial charge in [0.05, 0.1) is 0 Å². The molecule has 0 fully saturated rings. The van der Waals surface area contributed by atoms with E-state index in [-0.39, 0.29) is 0 Å². The van der Waals surface area contributed by atoms with E-state index in [9.17, 15) is 0 Å². The third-order valence-corrected chi connectivity index (χ3v) is 9.75. The molecule has 0 spiro atoms. The minimum absolute atomic E-state index is 1.26. The van der Waals surface area contributed by atoms with Gasteiger partial charge in [-0.2, -0.15) is 0 Å². The second kappa shape index (κ2) is 8.31. The third-order valence-electron chi connectivity index (χ3n) is 9.75. The maximum absolute atomic E-state index is 2.51. The van der Waals surface area contributed by atoms with Crippen LogP contribution in [0.25, 0.3) is 97.7 Å². The predicted octanol–water partition coefficient (Wildman–Crippen LogP) is 12.3. The number of rotatable bonds is 2. The summed E-state index contributed by atoms with van der Waals surface area (Å²) >= 11 is 0. The zero-order valence-corrected chi connectivity index (χ0v) is 23.8. The Morgan fingerprint density at radius 1 is 0.302 bits per heavy atom. The standard InChI is InChI=1S/C43H26/c1-25-21-22-29-34(23-25)30-17-10-20-33-40(30)35(29)24-36-38(27-11-4-2-5-12-27)42-31-18-8-15-26-16-9-19-32(37(26)31)43(42)39(41(33)36)28-13-6-3-7-14-28/h2-24H,1H3. The van der Waals surface area contributed by atoms with Crippen molar-refractivity contribution >= 4 is 75.4 Å². The topological polar surface area (TPSA) is 0 Å². The summed E-state index contributed by atoms with van der Waals surface area (Å²) in [5.74, 6) is 0. The van der Waals surface area contributed by atoms with Gasteiger partial charge in [0.15, 0.2) is 0 Å². The normalized spacial score (nSPS) is 12.3. The van der Waals surface area contributed by atoms with Crippen molar-refractivity contribution in [1.82, 2.24) is 0 Å². The molecular formula is C43H26. The zero-order chi connectivity index (χ0) is 28.2. The van der Waals surface area contributed by atoms with E-state index in [1.807, 2.05) is 0 Å². The largest absolute Gasteiger partial charge is 0.0622 e. The average molecular weight is 543 g/mol. The summed E-state index contributed by atoms with van der Waals surface area (Å²) in [5.41, 5.74) is 6.49. The zero-order valence-electron chi connectivity index (χ0n) is 23.8. The minimum atomic E-state index is 1.26. The molecule has 0 aliphatic heterocycles. The van der Waals surface area contributed by atoms with Gasteiger partial charge in [-0.05, 0) is 111 Å². The molecular weight excluding hydrogens is 516 g/mol. The fraction of sp³-hybridized carbons (Fsp3) is 0.0233. The predicted molar refractivity (Wildman–Crippen MR) is 187 cm³/mol. The second-order valence-corrected chi connectivity index (χ2v) is 12.1. The van der Waals surface area contributed by atoms with Crippen LogP contribution in [0, 0.1) is 6.92 Å². The van der Waals surface area contributed by atoms with Crippen LogP contribution in [0.4, 0.5) is 0 Å². The molecule has 0 amide bonds. The molecule has 0 aliphatic carbocycles. The van der Waals surface area contributed by atoms with Gasteiger partial charge in [0, 0.05) is 0 Å². The van der Waals surface area contributed by atoms with Crippen molar-refractivity contribution in [3.8, 4) is 22.3 Å². The maximum Gasteiger partial charge on any atom is -0.000719 e. The van der Waals surface area contributed by atoms with Crippen LogP contribution in [0.15, 0.2) is 140 Å². The summed E-state index contributed by atoms with van der Waals surface area (Å²) < 4.78 is 0. The number of aryl methyl sites for hydroxylation is 1. The van der Waals surface area contributed by atoms with Crippen LogP contribution in [0.5, 0.6) is 0 Å². The Bertz CT molecular complexity index is 2690. The van der Waals surface area contributed by atoms with Crippen LogP contribution in [-0.2, 0) is 0 Å². The summed E-state index contributed by atoms with van der Waals surface area (Å²) in [5, 5.41) is 18.8. The first-order chi connectivity index (χ1) is 21.3. The SMILES string of the molecule is Cc1ccc2c(c1)c1cccc3c4c(-c5ccccc5)c5c6cccc7cccc(c5c(-c5ccccc5)c4cc2c13)c76. The lowest BCUT2D eigenvalue weighted by Crippen LogP contribution is -1.91. The lowest BCUT2D eigenvalue weighted by atomic mass is 9.84. The first kappa shape index (κ1) is 23.1. The van der Waals surface area contributed by atoms with Gasteiger partial charge >= 0.3 is 0 Å². The smallest absolute Gasteiger partial charge is 0.000719 e. The van der Waals surface area contributed by atoms with Crippen molar-refractivity contribution in [2.75, 3.05) is 0 Å². The van der Waals surface area contributed by atoms with E-state index in [0.29, 0.717) is 0 Å². The highest BCUT2D eigenvalue weighted by molar-refractivity contribution is 6.44. The van der Waals surface area contributed by atoms with Crippen molar-refractivity contribution in [3.63, 3.8) is 0 Å². The molecule has 198 valence electrons. The average Bonchev–Trinajstić information content (AvgIpc) is 3.55. The monoisotopic (exact) mass is 542 g/mol. The van der Waals surface area contributed by atoms with Crippen molar-refractivity contribution in [2.45, 2.75) is 6.92 Å². The number of hydrogen-bond acceptors (Lipinski definition) is 0. The number of fused-ring (bicyclic) bond motifs is 8. The van der Waals surface area contributed by atoms with Crippen LogP contribution < -0.4 is 0 Å². The van der Waals surface area contributed by atoms with Gasteiger partial charge in [-0.25, -0.2) is 0 Å². The Morgan fingerprint density at radius 3 is 1.58 bits per heavy atom. The van der Waals surface area contributed by atoms with Gasteiger partial charge in [0.25, 0.3) is 0 Å². The molecule has 0 heterocycles. The lowest BCUT2D eigenvalue weighted by molar-refractivity contribution is 1.52. The van der Waals surface area contributed by atoms with Crippen LogP contribution in [0.1, 0.15) is 5.56 Å². The Labute approximate surface area is 249 Å². The molecule has 0 N–H and O–H groups in total. The first-order valence-corrected chi connectivity index (χ1v) is 15.1. The van der Waals surface area contributed by atoms with Gasteiger partial charge in [-0.3, -0.25) is 0 Å². The maximum atomic E-state index is 2.51. The molecule has 0 radical (unpaired) electrons. The molecule has 10 aromatic rings. The van der Waals surface area contributed by atoms with E-state index in [4.69, 9.17) is 0 Å². The summed E-state index contributed by atoms with van der Waals surface area (Å²) in [6.45, 7) is 2.20. The first-order valence-electron chi connectivity index (χ1n) is 15.1. The van der Waals surface area contributed by atoms with Crippen molar-refractivity contribution < 1.29 is 0 Å². The van der Waals surface area contributed by atoms with Gasteiger partial charge in [0.2, 0.25) is 0 Å². The minimum Gasteiger partial charge on any atom is -0.0622 e. The Hall–Kier alpha value is -5.46. The molecule has 10 rings (SSSR count). The highest BCUT2D eigenvalue weighted by atomic mass is 14.3. The molecule has 0 aromatic heterocycles. The molecule has 0 bridgehead atoms. The highest BCUT2D eigenvalue weighted by Gasteiger charge is 2.26. The van der Waals surface area contributed by atoms with Crippen LogP contribution in [0.3, 0.4) is 0 Å². The van der Waals surface area contributed by atoms with Gasteiger partial charge in [-0.1, -0.05) is 139 Å². The fourth-order valence-electron chi connectivity index (χ4n) is 8.11. The van der Waals surface area contributed by atoms with E-state index < -0.39 is 0 Å². The van der Waals surface area contributed by atoms with Gasteiger partial charge < -0.3 is 0 Å². The molecule has 10 aromatic carbocycles. The Kier molecular flexibility index (Phi) is 4.47. The quantitative estimate of drug-likeness (QED) is 0.191. The molecule has 0 atom stereocenters. The van der Waals surface area contributed by atoms with Crippen LogP contribution >= 0.6 is 0 Å². The number of benzene rings is 8. The Balaban J connectivity index is 1.61. The second-order valence-electron chi connectivity index (χ2n) is 12.1. The van der Waals surface area contributed by atoms with Crippen molar-refractivity contribution in [2.24, 2.45) is 0 Å². The molecule has 0 aliphatic rings.